The number of hydrogen-bond acceptors (Lipinski definition) is 4. The second-order valence-corrected chi connectivity index (χ2v) is 8.83. The lowest BCUT2D eigenvalue weighted by molar-refractivity contribution is -0.124. The van der Waals surface area contributed by atoms with Crippen molar-refractivity contribution < 1.29 is 18.7 Å². The third kappa shape index (κ3) is 3.64. The van der Waals surface area contributed by atoms with E-state index < -0.39 is 0 Å². The van der Waals surface area contributed by atoms with Crippen molar-refractivity contribution in [1.82, 2.24) is 10.2 Å². The lowest BCUT2D eigenvalue weighted by Gasteiger charge is -2.25. The summed E-state index contributed by atoms with van der Waals surface area (Å²) >= 11 is 0. The van der Waals surface area contributed by atoms with Crippen molar-refractivity contribution >= 4 is 22.8 Å². The maximum Gasteiger partial charge on any atom is 0.258 e. The lowest BCUT2D eigenvalue weighted by atomic mass is 9.89. The first-order chi connectivity index (χ1) is 15.5. The molecule has 1 saturated carbocycles. The van der Waals surface area contributed by atoms with Gasteiger partial charge in [-0.05, 0) is 49.8 Å². The van der Waals surface area contributed by atoms with Gasteiger partial charge in [-0.15, -0.1) is 0 Å². The molecule has 1 saturated heterocycles. The molecule has 0 radical (unpaired) electrons. The van der Waals surface area contributed by atoms with Crippen LogP contribution in [0.5, 0.6) is 5.75 Å². The number of piperidine rings is 1. The van der Waals surface area contributed by atoms with Crippen LogP contribution in [0.3, 0.4) is 0 Å². The summed E-state index contributed by atoms with van der Waals surface area (Å²) in [5, 5.41) is 3.73. The van der Waals surface area contributed by atoms with Gasteiger partial charge in [-0.1, -0.05) is 30.3 Å². The zero-order chi connectivity index (χ0) is 22.2. The van der Waals surface area contributed by atoms with E-state index in [1.807, 2.05) is 67.4 Å². The fourth-order valence-electron chi connectivity index (χ4n) is 5.23. The number of benzene rings is 2. The predicted molar refractivity (Wildman–Crippen MR) is 123 cm³/mol. The number of nitrogens with zero attached hydrogens (tertiary/aromatic N) is 1. The van der Waals surface area contributed by atoms with Gasteiger partial charge in [0, 0.05) is 37.0 Å². The molecule has 6 heteroatoms. The molecule has 1 aromatic heterocycles. The quantitative estimate of drug-likeness (QED) is 0.645. The third-order valence-electron chi connectivity index (χ3n) is 6.91. The highest BCUT2D eigenvalue weighted by molar-refractivity contribution is 6.11. The molecule has 3 aromatic rings. The second kappa shape index (κ2) is 8.34. The van der Waals surface area contributed by atoms with Crippen molar-refractivity contribution in [3.05, 3.63) is 54.1 Å². The molecule has 2 fully saturated rings. The van der Waals surface area contributed by atoms with E-state index in [1.165, 1.54) is 0 Å². The van der Waals surface area contributed by atoms with Crippen molar-refractivity contribution in [2.45, 2.75) is 32.2 Å². The molecule has 1 aliphatic carbocycles. The molecule has 2 aromatic carbocycles. The second-order valence-electron chi connectivity index (χ2n) is 8.83. The Morgan fingerprint density at radius 3 is 2.72 bits per heavy atom. The highest BCUT2D eigenvalue weighted by Crippen LogP contribution is 2.41. The number of nitrogens with one attached hydrogen (secondary N) is 1. The van der Waals surface area contributed by atoms with E-state index in [9.17, 15) is 9.59 Å². The number of carbonyl (C=O) groups is 2. The van der Waals surface area contributed by atoms with Gasteiger partial charge in [0.25, 0.3) is 5.91 Å². The number of carbonyl (C=O) groups excluding carboxylic acids is 2. The Morgan fingerprint density at radius 1 is 1.16 bits per heavy atom. The average Bonchev–Trinajstić information content (AvgIpc) is 3.40. The summed E-state index contributed by atoms with van der Waals surface area (Å²) in [5.74, 6) is 2.15. The minimum Gasteiger partial charge on any atom is -0.494 e. The van der Waals surface area contributed by atoms with Crippen molar-refractivity contribution in [3.8, 4) is 17.1 Å². The molecule has 0 unspecified atom stereocenters. The van der Waals surface area contributed by atoms with Crippen LogP contribution in [0.25, 0.3) is 22.3 Å². The highest BCUT2D eigenvalue weighted by Gasteiger charge is 2.41. The Morgan fingerprint density at radius 2 is 1.94 bits per heavy atom. The molecule has 2 amide bonds. The molecule has 1 aliphatic heterocycles. The largest absolute Gasteiger partial charge is 0.494 e. The van der Waals surface area contributed by atoms with E-state index >= 15 is 0 Å². The summed E-state index contributed by atoms with van der Waals surface area (Å²) in [6, 6.07) is 15.5. The maximum atomic E-state index is 13.9. The van der Waals surface area contributed by atoms with Crippen LogP contribution in [0.1, 0.15) is 36.5 Å². The molecule has 1 N–H and O–H groups in total. The number of amides is 2. The van der Waals surface area contributed by atoms with Gasteiger partial charge in [-0.25, -0.2) is 0 Å². The third-order valence-corrected chi connectivity index (χ3v) is 6.91. The first kappa shape index (κ1) is 20.6. The normalized spacial score (nSPS) is 22.4. The SMILES string of the molecule is CCOc1ccc2oc(-c3ccccc3)c(C(=O)N(C)[C@H]3C[C@H]4CNC(=O)C[C@H]4C3)c2c1. The zero-order valence-electron chi connectivity index (χ0n) is 18.5. The molecule has 2 aliphatic rings. The molecule has 6 nitrogen and oxygen atoms in total. The van der Waals surface area contributed by atoms with Gasteiger partial charge in [-0.2, -0.15) is 0 Å². The number of fused-ring (bicyclic) bond motifs is 2. The molecule has 0 bridgehead atoms. The molecule has 2 heterocycles. The van der Waals surface area contributed by atoms with E-state index in [4.69, 9.17) is 9.15 Å². The van der Waals surface area contributed by atoms with Crippen LogP contribution in [-0.2, 0) is 4.79 Å². The Kier molecular flexibility index (Phi) is 5.37. The zero-order valence-corrected chi connectivity index (χ0v) is 18.5. The molecule has 3 atom stereocenters. The fourth-order valence-corrected chi connectivity index (χ4v) is 5.23. The number of hydrogen-bond donors (Lipinski definition) is 1. The van der Waals surface area contributed by atoms with Crippen molar-refractivity contribution in [1.29, 1.82) is 0 Å². The van der Waals surface area contributed by atoms with Gasteiger partial charge in [0.2, 0.25) is 5.91 Å². The van der Waals surface area contributed by atoms with Gasteiger partial charge in [0.15, 0.2) is 0 Å². The maximum absolute atomic E-state index is 13.9. The predicted octanol–water partition coefficient (Wildman–Crippen LogP) is 4.49. The summed E-state index contributed by atoms with van der Waals surface area (Å²) in [5.41, 5.74) is 2.10. The minimum atomic E-state index is -0.0563. The molecule has 166 valence electrons. The fraction of sp³-hybridized carbons (Fsp3) is 0.385. The minimum absolute atomic E-state index is 0.0563. The van der Waals surface area contributed by atoms with Gasteiger partial charge in [0.1, 0.15) is 17.1 Å². The van der Waals surface area contributed by atoms with E-state index in [0.717, 1.165) is 23.8 Å². The number of rotatable bonds is 5. The van der Waals surface area contributed by atoms with Crippen LogP contribution in [0, 0.1) is 11.8 Å². The van der Waals surface area contributed by atoms with Gasteiger partial charge < -0.3 is 19.4 Å². The van der Waals surface area contributed by atoms with E-state index in [-0.39, 0.29) is 17.9 Å². The number of ether oxygens (including phenoxy) is 1. The summed E-state index contributed by atoms with van der Waals surface area (Å²) in [6.45, 7) is 3.20. The van der Waals surface area contributed by atoms with Crippen LogP contribution in [0.4, 0.5) is 0 Å². The Bertz CT molecular complexity index is 1150. The summed E-state index contributed by atoms with van der Waals surface area (Å²) in [6.07, 6.45) is 2.33. The van der Waals surface area contributed by atoms with Gasteiger partial charge in [-0.3, -0.25) is 9.59 Å². The topological polar surface area (TPSA) is 71.8 Å². The van der Waals surface area contributed by atoms with Crippen molar-refractivity contribution in [2.24, 2.45) is 11.8 Å². The molecule has 32 heavy (non-hydrogen) atoms. The first-order valence-corrected chi connectivity index (χ1v) is 11.3. The van der Waals surface area contributed by atoms with Gasteiger partial charge in [0.05, 0.1) is 12.2 Å². The Hall–Kier alpha value is -3.28. The van der Waals surface area contributed by atoms with E-state index in [1.54, 1.807) is 0 Å². The molecule has 0 spiro atoms. The monoisotopic (exact) mass is 432 g/mol. The molecular weight excluding hydrogens is 404 g/mol. The van der Waals surface area contributed by atoms with Crippen LogP contribution in [-0.4, -0.2) is 43.0 Å². The smallest absolute Gasteiger partial charge is 0.258 e. The molecular formula is C26H28N2O4. The molecule has 5 rings (SSSR count). The average molecular weight is 433 g/mol. The van der Waals surface area contributed by atoms with Crippen LogP contribution in [0.15, 0.2) is 52.9 Å². The van der Waals surface area contributed by atoms with Crippen LogP contribution < -0.4 is 10.1 Å². The van der Waals surface area contributed by atoms with Crippen molar-refractivity contribution in [3.63, 3.8) is 0 Å². The Labute approximate surface area is 187 Å². The van der Waals surface area contributed by atoms with Gasteiger partial charge >= 0.3 is 0 Å². The van der Waals surface area contributed by atoms with Crippen LogP contribution >= 0.6 is 0 Å². The number of furan rings is 1. The van der Waals surface area contributed by atoms with E-state index in [0.29, 0.717) is 54.1 Å². The van der Waals surface area contributed by atoms with Crippen molar-refractivity contribution in [2.75, 3.05) is 20.2 Å². The van der Waals surface area contributed by atoms with Crippen LogP contribution in [0.2, 0.25) is 0 Å². The Balaban J connectivity index is 1.53. The highest BCUT2D eigenvalue weighted by atomic mass is 16.5. The summed E-state index contributed by atoms with van der Waals surface area (Å²) < 4.78 is 11.9. The summed E-state index contributed by atoms with van der Waals surface area (Å²) in [7, 11) is 1.87. The summed E-state index contributed by atoms with van der Waals surface area (Å²) in [4.78, 5) is 27.6. The van der Waals surface area contributed by atoms with E-state index in [2.05, 4.69) is 5.32 Å². The lowest BCUT2D eigenvalue weighted by Crippen LogP contribution is -2.38. The first-order valence-electron chi connectivity index (χ1n) is 11.3. The standard InChI is InChI=1S/C26H28N2O4/c1-3-31-20-9-10-22-21(14-20)24(25(32-22)16-7-5-4-6-8-16)26(30)28(2)19-11-17-13-23(29)27-15-18(17)12-19/h4-10,14,17-19H,3,11-13,15H2,1-2H3,(H,27,29)/t17-,18+,19-/m1/s1.